The number of nitrogens with one attached hydrogen (secondary N) is 2. The van der Waals surface area contributed by atoms with Crippen molar-refractivity contribution in [3.8, 4) is 5.69 Å². The van der Waals surface area contributed by atoms with Crippen molar-refractivity contribution in [2.45, 2.75) is 26.3 Å². The van der Waals surface area contributed by atoms with E-state index in [9.17, 15) is 9.18 Å². The molecule has 144 valence electrons. The molecule has 0 bridgehead atoms. The third-order valence-electron chi connectivity index (χ3n) is 4.73. The van der Waals surface area contributed by atoms with Gasteiger partial charge in [0.05, 0.1) is 16.4 Å². The molecule has 2 aromatic carbocycles. The highest BCUT2D eigenvalue weighted by molar-refractivity contribution is 6.32. The van der Waals surface area contributed by atoms with Gasteiger partial charge in [-0.25, -0.2) is 14.1 Å². The number of nitrogens with zero attached hydrogens (tertiary/aromatic N) is 3. The number of aryl methyl sites for hydroxylation is 1. The molecule has 0 saturated heterocycles. The number of hydrogen-bond acceptors (Lipinski definition) is 4. The van der Waals surface area contributed by atoms with Gasteiger partial charge in [0.1, 0.15) is 11.6 Å². The number of para-hydroxylation sites is 1. The first-order valence-electron chi connectivity index (χ1n) is 9.11. The van der Waals surface area contributed by atoms with E-state index in [2.05, 4.69) is 20.7 Å². The maximum absolute atomic E-state index is 14.8. The van der Waals surface area contributed by atoms with Gasteiger partial charge in [0.25, 0.3) is 5.91 Å². The zero-order valence-electron chi connectivity index (χ0n) is 15.3. The summed E-state index contributed by atoms with van der Waals surface area (Å²) in [5, 5.41) is 10.6. The third-order valence-corrected chi connectivity index (χ3v) is 5.05. The van der Waals surface area contributed by atoms with Crippen molar-refractivity contribution in [1.82, 2.24) is 20.1 Å². The fourth-order valence-electron chi connectivity index (χ4n) is 3.29. The van der Waals surface area contributed by atoms with Crippen LogP contribution in [0.5, 0.6) is 0 Å². The number of benzene rings is 2. The minimum absolute atomic E-state index is 0.0319. The Morgan fingerprint density at radius 3 is 2.93 bits per heavy atom. The molecule has 1 aliphatic rings. The van der Waals surface area contributed by atoms with E-state index in [0.717, 1.165) is 5.56 Å². The maximum Gasteiger partial charge on any atom is 0.295 e. The largest absolute Gasteiger partial charge is 0.317 e. The molecule has 2 heterocycles. The molecule has 1 aromatic heterocycles. The van der Waals surface area contributed by atoms with Crippen molar-refractivity contribution in [3.05, 3.63) is 70.0 Å². The minimum Gasteiger partial charge on any atom is -0.317 e. The van der Waals surface area contributed by atoms with Gasteiger partial charge in [0.2, 0.25) is 5.82 Å². The van der Waals surface area contributed by atoms with Gasteiger partial charge in [-0.15, -0.1) is 5.10 Å². The number of aromatic nitrogens is 3. The average Bonchev–Trinajstić information content (AvgIpc) is 3.15. The van der Waals surface area contributed by atoms with E-state index in [1.807, 2.05) is 25.1 Å². The molecule has 3 aromatic rings. The Labute approximate surface area is 166 Å². The van der Waals surface area contributed by atoms with Crippen LogP contribution in [0.25, 0.3) is 5.69 Å². The van der Waals surface area contributed by atoms with Crippen molar-refractivity contribution < 1.29 is 9.18 Å². The van der Waals surface area contributed by atoms with Crippen LogP contribution in [0.4, 0.5) is 10.1 Å². The second-order valence-corrected chi connectivity index (χ2v) is 6.92. The lowest BCUT2D eigenvalue weighted by Crippen LogP contribution is -2.25. The van der Waals surface area contributed by atoms with E-state index in [-0.39, 0.29) is 11.5 Å². The lowest BCUT2D eigenvalue weighted by Gasteiger charge is -2.19. The summed E-state index contributed by atoms with van der Waals surface area (Å²) in [6.45, 7) is 3.26. The van der Waals surface area contributed by atoms with Crippen molar-refractivity contribution >= 4 is 23.2 Å². The van der Waals surface area contributed by atoms with Gasteiger partial charge in [-0.3, -0.25) is 4.79 Å². The van der Waals surface area contributed by atoms with E-state index in [1.54, 1.807) is 22.9 Å². The highest BCUT2D eigenvalue weighted by Crippen LogP contribution is 2.25. The van der Waals surface area contributed by atoms with Crippen molar-refractivity contribution in [2.75, 3.05) is 11.9 Å². The summed E-state index contributed by atoms with van der Waals surface area (Å²) in [6, 6.07) is 10.6. The Hall–Kier alpha value is -2.77. The van der Waals surface area contributed by atoms with Crippen LogP contribution in [-0.4, -0.2) is 27.2 Å². The summed E-state index contributed by atoms with van der Waals surface area (Å²) in [4.78, 5) is 17.0. The first-order valence-corrected chi connectivity index (χ1v) is 9.49. The predicted molar refractivity (Wildman–Crippen MR) is 106 cm³/mol. The molecule has 0 radical (unpaired) electrons. The zero-order valence-corrected chi connectivity index (χ0v) is 16.1. The van der Waals surface area contributed by atoms with Gasteiger partial charge in [-0.2, -0.15) is 0 Å². The van der Waals surface area contributed by atoms with Crippen LogP contribution < -0.4 is 10.6 Å². The van der Waals surface area contributed by atoms with E-state index < -0.39 is 11.7 Å². The molecule has 0 fully saturated rings. The standard InChI is InChI=1S/C20H19ClFN5O/c1-2-17-25-19(26-27(17)16-6-4-3-5-14(16)21)20(28)24-15-8-7-12-11-23-10-9-13(12)18(15)22/h3-8,23H,2,9-11H2,1H3,(H,24,28). The highest BCUT2D eigenvalue weighted by Gasteiger charge is 2.21. The molecule has 4 rings (SSSR count). The van der Waals surface area contributed by atoms with Gasteiger partial charge in [-0.1, -0.05) is 36.7 Å². The van der Waals surface area contributed by atoms with Crippen LogP contribution in [0.3, 0.4) is 0 Å². The Balaban J connectivity index is 1.64. The summed E-state index contributed by atoms with van der Waals surface area (Å²) in [5.74, 6) is -0.396. The van der Waals surface area contributed by atoms with Crippen LogP contribution in [0.1, 0.15) is 34.5 Å². The monoisotopic (exact) mass is 399 g/mol. The normalized spacial score (nSPS) is 13.2. The Bertz CT molecular complexity index is 1050. The molecule has 2 N–H and O–H groups in total. The zero-order chi connectivity index (χ0) is 19.7. The van der Waals surface area contributed by atoms with Gasteiger partial charge >= 0.3 is 0 Å². The van der Waals surface area contributed by atoms with E-state index in [1.165, 1.54) is 0 Å². The van der Waals surface area contributed by atoms with Crippen molar-refractivity contribution in [2.24, 2.45) is 0 Å². The average molecular weight is 400 g/mol. The number of carbonyl (C=O) groups is 1. The summed E-state index contributed by atoms with van der Waals surface area (Å²) in [5.41, 5.74) is 2.33. The van der Waals surface area contributed by atoms with E-state index in [4.69, 9.17) is 11.6 Å². The molecule has 28 heavy (non-hydrogen) atoms. The molecular formula is C20H19ClFN5O. The minimum atomic E-state index is -0.562. The first kappa shape index (κ1) is 18.6. The number of anilines is 1. The van der Waals surface area contributed by atoms with Crippen molar-refractivity contribution in [1.29, 1.82) is 0 Å². The number of rotatable bonds is 4. The van der Waals surface area contributed by atoms with Crippen LogP contribution in [0.15, 0.2) is 36.4 Å². The predicted octanol–water partition coefficient (Wildman–Crippen LogP) is 3.52. The molecule has 1 aliphatic heterocycles. The lowest BCUT2D eigenvalue weighted by atomic mass is 9.99. The molecule has 0 atom stereocenters. The quantitative estimate of drug-likeness (QED) is 0.704. The van der Waals surface area contributed by atoms with Crippen LogP contribution >= 0.6 is 11.6 Å². The van der Waals surface area contributed by atoms with E-state index >= 15 is 0 Å². The van der Waals surface area contributed by atoms with Crippen molar-refractivity contribution in [3.63, 3.8) is 0 Å². The highest BCUT2D eigenvalue weighted by atomic mass is 35.5. The number of hydrogen-bond donors (Lipinski definition) is 2. The molecule has 0 saturated carbocycles. The number of fused-ring (bicyclic) bond motifs is 1. The lowest BCUT2D eigenvalue weighted by molar-refractivity contribution is 0.101. The molecule has 8 heteroatoms. The maximum atomic E-state index is 14.8. The van der Waals surface area contributed by atoms with Gasteiger partial charge in [0.15, 0.2) is 0 Å². The molecular weight excluding hydrogens is 381 g/mol. The van der Waals surface area contributed by atoms with E-state index in [0.29, 0.717) is 48.0 Å². The molecule has 0 unspecified atom stereocenters. The topological polar surface area (TPSA) is 71.8 Å². The molecule has 0 aliphatic carbocycles. The number of halogens is 2. The summed E-state index contributed by atoms with van der Waals surface area (Å²) >= 11 is 6.25. The Morgan fingerprint density at radius 2 is 2.14 bits per heavy atom. The second-order valence-electron chi connectivity index (χ2n) is 6.51. The van der Waals surface area contributed by atoms with Gasteiger partial charge in [0, 0.05) is 13.0 Å². The Morgan fingerprint density at radius 1 is 1.32 bits per heavy atom. The number of amides is 1. The summed E-state index contributed by atoms with van der Waals surface area (Å²) in [7, 11) is 0. The van der Waals surface area contributed by atoms with Gasteiger partial charge in [-0.05, 0) is 42.3 Å². The number of carbonyl (C=O) groups excluding carboxylic acids is 1. The van der Waals surface area contributed by atoms with Crippen LogP contribution in [-0.2, 0) is 19.4 Å². The Kier molecular flexibility index (Phi) is 5.11. The fourth-order valence-corrected chi connectivity index (χ4v) is 3.51. The second kappa shape index (κ2) is 7.69. The SMILES string of the molecule is CCc1nc(C(=O)Nc2ccc3c(c2F)CCNC3)nn1-c1ccccc1Cl. The molecule has 0 spiro atoms. The fraction of sp³-hybridized carbons (Fsp3) is 0.250. The smallest absolute Gasteiger partial charge is 0.295 e. The van der Waals surface area contributed by atoms with Gasteiger partial charge < -0.3 is 10.6 Å². The molecule has 1 amide bonds. The summed E-state index contributed by atoms with van der Waals surface area (Å²) in [6.07, 6.45) is 1.15. The van der Waals surface area contributed by atoms with Crippen LogP contribution in [0.2, 0.25) is 5.02 Å². The summed E-state index contributed by atoms with van der Waals surface area (Å²) < 4.78 is 16.3. The van der Waals surface area contributed by atoms with Crippen LogP contribution in [0, 0.1) is 5.82 Å². The first-order chi connectivity index (χ1) is 13.6. The third kappa shape index (κ3) is 3.39. The molecule has 6 nitrogen and oxygen atoms in total.